The minimum Gasteiger partial charge on any atom is -0.396 e. The minimum atomic E-state index is -0.122. The largest absolute Gasteiger partial charge is 0.396 e. The molecule has 17 heavy (non-hydrogen) atoms. The summed E-state index contributed by atoms with van der Waals surface area (Å²) in [6.07, 6.45) is 9.79. The zero-order valence-electron chi connectivity index (χ0n) is 11.4. The summed E-state index contributed by atoms with van der Waals surface area (Å²) in [5.74, 6) is 0. The SMILES string of the molecule is CCCCOC(C/C=C/CCO)OCCCC. The molecule has 0 aliphatic carbocycles. The third-order valence-corrected chi connectivity index (χ3v) is 2.39. The predicted molar refractivity (Wildman–Crippen MR) is 71.0 cm³/mol. The van der Waals surface area contributed by atoms with Gasteiger partial charge >= 0.3 is 0 Å². The average Bonchev–Trinajstić information content (AvgIpc) is 2.34. The molecule has 0 aliphatic heterocycles. The second-order valence-electron chi connectivity index (χ2n) is 4.10. The number of ether oxygens (including phenoxy) is 2. The lowest BCUT2D eigenvalue weighted by molar-refractivity contribution is -0.140. The van der Waals surface area contributed by atoms with Gasteiger partial charge in [0, 0.05) is 26.2 Å². The van der Waals surface area contributed by atoms with E-state index in [4.69, 9.17) is 14.6 Å². The topological polar surface area (TPSA) is 38.7 Å². The van der Waals surface area contributed by atoms with Crippen molar-refractivity contribution in [3.8, 4) is 0 Å². The molecule has 0 rings (SSSR count). The van der Waals surface area contributed by atoms with Gasteiger partial charge in [-0.15, -0.1) is 0 Å². The number of rotatable bonds is 12. The van der Waals surface area contributed by atoms with Gasteiger partial charge in [-0.05, 0) is 19.3 Å². The van der Waals surface area contributed by atoms with Gasteiger partial charge in [0.1, 0.15) is 0 Å². The maximum Gasteiger partial charge on any atom is 0.160 e. The first kappa shape index (κ1) is 16.6. The zero-order valence-corrected chi connectivity index (χ0v) is 11.4. The lowest BCUT2D eigenvalue weighted by Crippen LogP contribution is -2.18. The molecule has 0 spiro atoms. The maximum absolute atomic E-state index is 8.66. The molecule has 0 atom stereocenters. The van der Waals surface area contributed by atoms with E-state index in [0.29, 0.717) is 6.42 Å². The van der Waals surface area contributed by atoms with E-state index in [-0.39, 0.29) is 12.9 Å². The van der Waals surface area contributed by atoms with E-state index >= 15 is 0 Å². The number of hydrogen-bond donors (Lipinski definition) is 1. The lowest BCUT2D eigenvalue weighted by Gasteiger charge is -2.17. The van der Waals surface area contributed by atoms with Gasteiger partial charge in [0.2, 0.25) is 0 Å². The van der Waals surface area contributed by atoms with Crippen LogP contribution >= 0.6 is 0 Å². The summed E-state index contributed by atoms with van der Waals surface area (Å²) < 4.78 is 11.3. The Labute approximate surface area is 106 Å². The number of unbranched alkanes of at least 4 members (excludes halogenated alkanes) is 2. The summed E-state index contributed by atoms with van der Waals surface area (Å²) in [5, 5.41) is 8.66. The molecule has 0 aromatic heterocycles. The molecular weight excluding hydrogens is 216 g/mol. The summed E-state index contributed by atoms with van der Waals surface area (Å²) in [6, 6.07) is 0. The van der Waals surface area contributed by atoms with E-state index in [1.165, 1.54) is 0 Å². The van der Waals surface area contributed by atoms with Crippen LogP contribution in [0.25, 0.3) is 0 Å². The van der Waals surface area contributed by atoms with Gasteiger partial charge in [0.15, 0.2) is 6.29 Å². The van der Waals surface area contributed by atoms with Crippen molar-refractivity contribution in [3.05, 3.63) is 12.2 Å². The standard InChI is InChI=1S/C14H28O3/c1-3-5-12-16-14(17-13-6-4-2)10-8-7-9-11-15/h7-8,14-15H,3-6,9-13H2,1-2H3/b8-7+. The van der Waals surface area contributed by atoms with Crippen molar-refractivity contribution in [2.45, 2.75) is 58.7 Å². The van der Waals surface area contributed by atoms with Crippen molar-refractivity contribution in [2.24, 2.45) is 0 Å². The average molecular weight is 244 g/mol. The molecule has 0 aliphatic rings. The number of aliphatic hydroxyl groups is 1. The van der Waals surface area contributed by atoms with Crippen LogP contribution in [0.5, 0.6) is 0 Å². The third-order valence-electron chi connectivity index (χ3n) is 2.39. The van der Waals surface area contributed by atoms with Crippen molar-refractivity contribution >= 4 is 0 Å². The van der Waals surface area contributed by atoms with Crippen LogP contribution in [0.4, 0.5) is 0 Å². The highest BCUT2D eigenvalue weighted by atomic mass is 16.7. The Kier molecular flexibility index (Phi) is 13.4. The summed E-state index contributed by atoms with van der Waals surface area (Å²) in [6.45, 7) is 6.03. The molecule has 0 bridgehead atoms. The normalized spacial score (nSPS) is 11.8. The summed E-state index contributed by atoms with van der Waals surface area (Å²) in [5.41, 5.74) is 0. The van der Waals surface area contributed by atoms with E-state index in [2.05, 4.69) is 13.8 Å². The Hall–Kier alpha value is -0.380. The van der Waals surface area contributed by atoms with Crippen molar-refractivity contribution in [1.29, 1.82) is 0 Å². The van der Waals surface area contributed by atoms with Crippen LogP contribution < -0.4 is 0 Å². The Balaban J connectivity index is 3.75. The van der Waals surface area contributed by atoms with Crippen molar-refractivity contribution < 1.29 is 14.6 Å². The molecule has 0 amide bonds. The highest BCUT2D eigenvalue weighted by Gasteiger charge is 2.06. The Morgan fingerprint density at radius 1 is 1.00 bits per heavy atom. The van der Waals surface area contributed by atoms with Gasteiger partial charge in [0.25, 0.3) is 0 Å². The van der Waals surface area contributed by atoms with Gasteiger partial charge in [-0.25, -0.2) is 0 Å². The first-order chi connectivity index (χ1) is 8.35. The molecule has 1 N–H and O–H groups in total. The molecule has 0 saturated heterocycles. The molecule has 0 heterocycles. The first-order valence-electron chi connectivity index (χ1n) is 6.84. The van der Waals surface area contributed by atoms with E-state index in [1.807, 2.05) is 12.2 Å². The van der Waals surface area contributed by atoms with E-state index in [0.717, 1.165) is 45.3 Å². The summed E-state index contributed by atoms with van der Waals surface area (Å²) >= 11 is 0. The van der Waals surface area contributed by atoms with Crippen molar-refractivity contribution in [3.63, 3.8) is 0 Å². The highest BCUT2D eigenvalue weighted by molar-refractivity contribution is 4.82. The molecule has 3 nitrogen and oxygen atoms in total. The Bertz CT molecular complexity index is 159. The van der Waals surface area contributed by atoms with Gasteiger partial charge < -0.3 is 14.6 Å². The van der Waals surface area contributed by atoms with Crippen molar-refractivity contribution in [2.75, 3.05) is 19.8 Å². The lowest BCUT2D eigenvalue weighted by atomic mass is 10.3. The van der Waals surface area contributed by atoms with E-state index in [9.17, 15) is 0 Å². The smallest absolute Gasteiger partial charge is 0.160 e. The zero-order chi connectivity index (χ0) is 12.8. The van der Waals surface area contributed by atoms with Gasteiger partial charge in [-0.1, -0.05) is 38.8 Å². The van der Waals surface area contributed by atoms with Crippen LogP contribution in [0.3, 0.4) is 0 Å². The Morgan fingerprint density at radius 2 is 1.59 bits per heavy atom. The quantitative estimate of drug-likeness (QED) is 0.325. The molecule has 0 unspecified atom stereocenters. The predicted octanol–water partition coefficient (Wildman–Crippen LogP) is 3.27. The van der Waals surface area contributed by atoms with Crippen LogP contribution in [0, 0.1) is 0 Å². The van der Waals surface area contributed by atoms with Crippen LogP contribution in [0.2, 0.25) is 0 Å². The van der Waals surface area contributed by atoms with Gasteiger partial charge in [0.05, 0.1) is 0 Å². The molecule has 3 heteroatoms. The monoisotopic (exact) mass is 244 g/mol. The maximum atomic E-state index is 8.66. The van der Waals surface area contributed by atoms with Gasteiger partial charge in [-0.3, -0.25) is 0 Å². The molecule has 0 radical (unpaired) electrons. The number of aliphatic hydroxyl groups excluding tert-OH is 1. The van der Waals surface area contributed by atoms with Crippen LogP contribution in [-0.2, 0) is 9.47 Å². The Morgan fingerprint density at radius 3 is 2.06 bits per heavy atom. The van der Waals surface area contributed by atoms with Gasteiger partial charge in [-0.2, -0.15) is 0 Å². The van der Waals surface area contributed by atoms with Crippen LogP contribution in [0.15, 0.2) is 12.2 Å². The molecular formula is C14H28O3. The van der Waals surface area contributed by atoms with E-state index in [1.54, 1.807) is 0 Å². The first-order valence-corrected chi connectivity index (χ1v) is 6.84. The second kappa shape index (κ2) is 13.7. The molecule has 0 aromatic carbocycles. The van der Waals surface area contributed by atoms with Crippen LogP contribution in [0.1, 0.15) is 52.4 Å². The third kappa shape index (κ3) is 11.9. The fourth-order valence-electron chi connectivity index (χ4n) is 1.30. The molecule has 102 valence electrons. The molecule has 0 fully saturated rings. The second-order valence-corrected chi connectivity index (χ2v) is 4.10. The fourth-order valence-corrected chi connectivity index (χ4v) is 1.30. The summed E-state index contributed by atoms with van der Waals surface area (Å²) in [7, 11) is 0. The van der Waals surface area contributed by atoms with E-state index < -0.39 is 0 Å². The van der Waals surface area contributed by atoms with Crippen molar-refractivity contribution in [1.82, 2.24) is 0 Å². The van der Waals surface area contributed by atoms with Crippen LogP contribution in [-0.4, -0.2) is 31.2 Å². The number of hydrogen-bond acceptors (Lipinski definition) is 3. The molecule has 0 saturated carbocycles. The minimum absolute atomic E-state index is 0.122. The fraction of sp³-hybridized carbons (Fsp3) is 0.857. The highest BCUT2D eigenvalue weighted by Crippen LogP contribution is 2.06. The summed E-state index contributed by atoms with van der Waals surface area (Å²) in [4.78, 5) is 0. The molecule has 0 aromatic rings.